The number of para-hydroxylation sites is 2. The molecule has 0 saturated carbocycles. The van der Waals surface area contributed by atoms with Crippen LogP contribution < -0.4 is 4.90 Å². The van der Waals surface area contributed by atoms with Gasteiger partial charge < -0.3 is 14.0 Å². The predicted molar refractivity (Wildman–Crippen MR) is 377 cm³/mol. The molecule has 0 fully saturated rings. The summed E-state index contributed by atoms with van der Waals surface area (Å²) in [4.78, 5) is 2.35. The topological polar surface area (TPSA) is 13.1 Å². The molecular weight excluding hydrogens is 1070 g/mol. The van der Waals surface area contributed by atoms with Crippen molar-refractivity contribution in [2.45, 2.75) is 0 Å². The molecule has 0 aliphatic heterocycles. The number of benzene rings is 15. The SMILES string of the molecule is c1ccc(-c2ccc(N(c3ccc(-c4ccccc4)cc3)c3ccc(-c4ccc(-c5cc(-c6ccc7c(c6)c6ccccc6n7-c6cccc7ccccc67)cc(-c6ccc7c(c6)c6ccccc6n7-c6cccc7ccccc67)c5)cc4)cc3)cc2)cc1. The number of nitrogens with zero attached hydrogens (tertiary/aromatic N) is 3. The third-order valence-corrected chi connectivity index (χ3v) is 18.1. The second-order valence-electron chi connectivity index (χ2n) is 23.2. The average molecular weight is 1130 g/mol. The third-order valence-electron chi connectivity index (χ3n) is 18.1. The van der Waals surface area contributed by atoms with Gasteiger partial charge in [-0.1, -0.05) is 243 Å². The number of fused-ring (bicyclic) bond motifs is 8. The monoisotopic (exact) mass is 1130 g/mol. The molecule has 0 atom stereocenters. The van der Waals surface area contributed by atoms with Gasteiger partial charge in [-0.3, -0.25) is 0 Å². The summed E-state index contributed by atoms with van der Waals surface area (Å²) < 4.78 is 4.90. The minimum absolute atomic E-state index is 1.09. The number of hydrogen-bond acceptors (Lipinski definition) is 1. The Kier molecular flexibility index (Phi) is 12.5. The van der Waals surface area contributed by atoms with Crippen molar-refractivity contribution in [2.75, 3.05) is 4.90 Å². The van der Waals surface area contributed by atoms with E-state index < -0.39 is 0 Å². The van der Waals surface area contributed by atoms with Crippen molar-refractivity contribution in [2.24, 2.45) is 0 Å². The number of aromatic nitrogens is 2. The lowest BCUT2D eigenvalue weighted by Gasteiger charge is -2.26. The standard InChI is InChI=1S/C86H57N3/c1-3-17-58(18-4-1)61-37-45-72(46-38-61)87(73-47-39-62(40-48-73)59-19-5-2-6-20-59)74-49-41-63(42-50-74)60-33-35-64(36-34-60)69-53-70(67-43-51-85-79(56-67)77-27-11-13-29-83(77)88(85)81-31-15-23-65-21-7-9-25-75(65)81)55-71(54-69)68-44-52-86-80(57-68)78-28-12-14-30-84(78)89(86)82-32-16-24-66-22-8-10-26-76(66)82/h1-57H. The highest BCUT2D eigenvalue weighted by Gasteiger charge is 2.20. The largest absolute Gasteiger partial charge is 0.311 e. The maximum absolute atomic E-state index is 2.45. The summed E-state index contributed by atoms with van der Waals surface area (Å²) in [5.74, 6) is 0. The molecule has 0 N–H and O–H groups in total. The number of hydrogen-bond donors (Lipinski definition) is 0. The van der Waals surface area contributed by atoms with E-state index in [1.54, 1.807) is 0 Å². The quantitative estimate of drug-likeness (QED) is 0.126. The normalized spacial score (nSPS) is 11.6. The summed E-state index contributed by atoms with van der Waals surface area (Å²) >= 11 is 0. The van der Waals surface area contributed by atoms with Gasteiger partial charge in [0.25, 0.3) is 0 Å². The van der Waals surface area contributed by atoms with Crippen LogP contribution in [0.5, 0.6) is 0 Å². The highest BCUT2D eigenvalue weighted by molar-refractivity contribution is 6.13. The fraction of sp³-hybridized carbons (Fsp3) is 0. The highest BCUT2D eigenvalue weighted by atomic mass is 15.1. The van der Waals surface area contributed by atoms with Gasteiger partial charge in [0.2, 0.25) is 0 Å². The van der Waals surface area contributed by atoms with E-state index in [4.69, 9.17) is 0 Å². The zero-order chi connectivity index (χ0) is 58.8. The van der Waals surface area contributed by atoms with Gasteiger partial charge >= 0.3 is 0 Å². The van der Waals surface area contributed by atoms with Gasteiger partial charge in [0.05, 0.1) is 33.4 Å². The minimum atomic E-state index is 1.09. The fourth-order valence-electron chi connectivity index (χ4n) is 13.7. The van der Waals surface area contributed by atoms with E-state index in [9.17, 15) is 0 Å². The molecule has 0 aliphatic carbocycles. The molecule has 89 heavy (non-hydrogen) atoms. The first-order valence-corrected chi connectivity index (χ1v) is 30.6. The molecule has 0 saturated heterocycles. The van der Waals surface area contributed by atoms with Crippen molar-refractivity contribution in [3.63, 3.8) is 0 Å². The summed E-state index contributed by atoms with van der Waals surface area (Å²) in [6.07, 6.45) is 0. The second-order valence-corrected chi connectivity index (χ2v) is 23.2. The van der Waals surface area contributed by atoms with Crippen LogP contribution in [0, 0.1) is 0 Å². The first kappa shape index (κ1) is 51.6. The molecule has 416 valence electrons. The smallest absolute Gasteiger partial charge is 0.0541 e. The van der Waals surface area contributed by atoms with Crippen LogP contribution in [0.2, 0.25) is 0 Å². The molecule has 0 radical (unpaired) electrons. The van der Waals surface area contributed by atoms with E-state index in [-0.39, 0.29) is 0 Å². The van der Waals surface area contributed by atoms with E-state index in [1.165, 1.54) is 110 Å². The Labute approximate surface area is 517 Å². The molecule has 17 aromatic rings. The average Bonchev–Trinajstić information content (AvgIpc) is 1.80. The van der Waals surface area contributed by atoms with Crippen molar-refractivity contribution < 1.29 is 0 Å². The lowest BCUT2D eigenvalue weighted by atomic mass is 9.91. The molecule has 2 aromatic heterocycles. The summed E-state index contributed by atoms with van der Waals surface area (Å²) in [6.45, 7) is 0. The molecular formula is C86H57N3. The molecule has 17 rings (SSSR count). The molecule has 0 aliphatic rings. The summed E-state index contributed by atoms with van der Waals surface area (Å²) in [5.41, 5.74) is 24.4. The van der Waals surface area contributed by atoms with Crippen LogP contribution in [-0.4, -0.2) is 9.13 Å². The first-order valence-electron chi connectivity index (χ1n) is 30.6. The van der Waals surface area contributed by atoms with Crippen molar-refractivity contribution in [1.82, 2.24) is 9.13 Å². The zero-order valence-corrected chi connectivity index (χ0v) is 48.8. The van der Waals surface area contributed by atoms with Crippen LogP contribution in [-0.2, 0) is 0 Å². The molecule has 0 unspecified atom stereocenters. The van der Waals surface area contributed by atoms with Crippen LogP contribution in [0.3, 0.4) is 0 Å². The third kappa shape index (κ3) is 9.15. The number of rotatable bonds is 11. The molecule has 3 heteroatoms. The Morgan fingerprint density at radius 3 is 0.854 bits per heavy atom. The van der Waals surface area contributed by atoms with Crippen molar-refractivity contribution in [3.05, 3.63) is 346 Å². The summed E-state index contributed by atoms with van der Waals surface area (Å²) in [7, 11) is 0. The van der Waals surface area contributed by atoms with E-state index in [2.05, 4.69) is 360 Å². The molecule has 0 bridgehead atoms. The van der Waals surface area contributed by atoms with Crippen LogP contribution in [0.1, 0.15) is 0 Å². The van der Waals surface area contributed by atoms with Gasteiger partial charge in [-0.05, 0) is 181 Å². The Morgan fingerprint density at radius 1 is 0.169 bits per heavy atom. The lowest BCUT2D eigenvalue weighted by Crippen LogP contribution is -2.09. The van der Waals surface area contributed by atoms with Crippen LogP contribution >= 0.6 is 0 Å². The van der Waals surface area contributed by atoms with Crippen LogP contribution in [0.15, 0.2) is 346 Å². The van der Waals surface area contributed by atoms with Crippen LogP contribution in [0.25, 0.3) is 143 Å². The Morgan fingerprint density at radius 2 is 0.449 bits per heavy atom. The molecule has 2 heterocycles. The van der Waals surface area contributed by atoms with E-state index >= 15 is 0 Å². The zero-order valence-electron chi connectivity index (χ0n) is 48.8. The fourth-order valence-corrected chi connectivity index (χ4v) is 13.7. The van der Waals surface area contributed by atoms with Crippen LogP contribution in [0.4, 0.5) is 17.1 Å². The summed E-state index contributed by atoms with van der Waals surface area (Å²) in [6, 6.07) is 127. The van der Waals surface area contributed by atoms with Gasteiger partial charge in [-0.2, -0.15) is 0 Å². The van der Waals surface area contributed by atoms with Gasteiger partial charge in [0.15, 0.2) is 0 Å². The predicted octanol–water partition coefficient (Wildman–Crippen LogP) is 23.7. The van der Waals surface area contributed by atoms with Gasteiger partial charge in [0.1, 0.15) is 0 Å². The Hall–Kier alpha value is -11.8. The molecule has 3 nitrogen and oxygen atoms in total. The van der Waals surface area contributed by atoms with Crippen molar-refractivity contribution in [1.29, 1.82) is 0 Å². The maximum Gasteiger partial charge on any atom is 0.0541 e. The second kappa shape index (κ2) is 21.6. The molecule has 15 aromatic carbocycles. The van der Waals surface area contributed by atoms with Crippen molar-refractivity contribution >= 4 is 82.2 Å². The highest BCUT2D eigenvalue weighted by Crippen LogP contribution is 2.43. The maximum atomic E-state index is 2.45. The van der Waals surface area contributed by atoms with Gasteiger partial charge in [-0.15, -0.1) is 0 Å². The van der Waals surface area contributed by atoms with Crippen molar-refractivity contribution in [3.8, 4) is 78.1 Å². The van der Waals surface area contributed by atoms with E-state index in [0.717, 1.165) is 50.4 Å². The lowest BCUT2D eigenvalue weighted by molar-refractivity contribution is 1.20. The molecule has 0 spiro atoms. The number of anilines is 3. The Balaban J connectivity index is 0.767. The molecule has 0 amide bonds. The van der Waals surface area contributed by atoms with E-state index in [0.29, 0.717) is 0 Å². The summed E-state index contributed by atoms with van der Waals surface area (Å²) in [5, 5.41) is 9.82. The Bertz CT molecular complexity index is 5200. The van der Waals surface area contributed by atoms with E-state index in [1.807, 2.05) is 0 Å². The van der Waals surface area contributed by atoms with Gasteiger partial charge in [-0.25, -0.2) is 0 Å². The minimum Gasteiger partial charge on any atom is -0.311 e. The van der Waals surface area contributed by atoms with Gasteiger partial charge in [0, 0.05) is 49.4 Å². The first-order chi connectivity index (χ1) is 44.1.